The van der Waals surface area contributed by atoms with Gasteiger partial charge in [-0.1, -0.05) is 18.2 Å². The Labute approximate surface area is 140 Å². The van der Waals surface area contributed by atoms with Crippen molar-refractivity contribution in [2.45, 2.75) is 6.92 Å². The summed E-state index contributed by atoms with van der Waals surface area (Å²) in [6.07, 6.45) is 0. The van der Waals surface area contributed by atoms with Crippen LogP contribution >= 0.6 is 0 Å². The van der Waals surface area contributed by atoms with E-state index in [1.165, 1.54) is 6.92 Å². The molecule has 0 fully saturated rings. The topological polar surface area (TPSA) is 67.9 Å². The standard InChI is InChI=1S/C18H18N2O4/c1-13(21)20-9-10-23-17-8-7-14(11-16(17)20)19-18(22)12-24-15-5-3-2-4-6-15/h2-8,11H,9-10,12H2,1H3,(H,19,22). The largest absolute Gasteiger partial charge is 0.490 e. The zero-order valence-electron chi connectivity index (χ0n) is 13.3. The van der Waals surface area contributed by atoms with Crippen molar-refractivity contribution in [3.8, 4) is 11.5 Å². The van der Waals surface area contributed by atoms with Crippen LogP contribution in [0.4, 0.5) is 11.4 Å². The molecule has 0 aliphatic carbocycles. The molecular formula is C18H18N2O4. The predicted octanol–water partition coefficient (Wildman–Crippen LogP) is 2.45. The number of carbonyl (C=O) groups is 2. The molecule has 6 heteroatoms. The lowest BCUT2D eigenvalue weighted by Crippen LogP contribution is -2.36. The Bertz CT molecular complexity index is 746. The van der Waals surface area contributed by atoms with Crippen LogP contribution in [0.15, 0.2) is 48.5 Å². The fourth-order valence-electron chi connectivity index (χ4n) is 2.49. The number of ether oxygens (including phenoxy) is 2. The minimum absolute atomic E-state index is 0.0598. The number of carbonyl (C=O) groups excluding carboxylic acids is 2. The van der Waals surface area contributed by atoms with Crippen molar-refractivity contribution < 1.29 is 19.1 Å². The number of fused-ring (bicyclic) bond motifs is 1. The van der Waals surface area contributed by atoms with Gasteiger partial charge in [-0.25, -0.2) is 0 Å². The maximum atomic E-state index is 12.0. The molecule has 6 nitrogen and oxygen atoms in total. The molecule has 0 aromatic heterocycles. The SMILES string of the molecule is CC(=O)N1CCOc2ccc(NC(=O)COc3ccccc3)cc21. The van der Waals surface area contributed by atoms with Crippen LogP contribution in [0.5, 0.6) is 11.5 Å². The van der Waals surface area contributed by atoms with E-state index in [1.54, 1.807) is 35.2 Å². The van der Waals surface area contributed by atoms with Gasteiger partial charge in [-0.15, -0.1) is 0 Å². The van der Waals surface area contributed by atoms with Crippen molar-refractivity contribution in [2.75, 3.05) is 30.0 Å². The van der Waals surface area contributed by atoms with Gasteiger partial charge in [0, 0.05) is 12.6 Å². The average Bonchev–Trinajstić information content (AvgIpc) is 2.60. The second-order valence-corrected chi connectivity index (χ2v) is 5.35. The highest BCUT2D eigenvalue weighted by molar-refractivity contribution is 5.96. The van der Waals surface area contributed by atoms with Gasteiger partial charge in [-0.3, -0.25) is 9.59 Å². The number of benzene rings is 2. The van der Waals surface area contributed by atoms with Gasteiger partial charge in [-0.05, 0) is 30.3 Å². The molecule has 2 aromatic carbocycles. The fourth-order valence-corrected chi connectivity index (χ4v) is 2.49. The van der Waals surface area contributed by atoms with Gasteiger partial charge in [-0.2, -0.15) is 0 Å². The summed E-state index contributed by atoms with van der Waals surface area (Å²) in [5.41, 5.74) is 1.25. The van der Waals surface area contributed by atoms with E-state index < -0.39 is 0 Å². The number of hydrogen-bond acceptors (Lipinski definition) is 4. The summed E-state index contributed by atoms with van der Waals surface area (Å²) in [5.74, 6) is 0.935. The quantitative estimate of drug-likeness (QED) is 0.937. The molecule has 3 rings (SSSR count). The Kier molecular flexibility index (Phi) is 4.65. The summed E-state index contributed by atoms with van der Waals surface area (Å²) in [7, 11) is 0. The number of amides is 2. The van der Waals surface area contributed by atoms with Crippen LogP contribution in [0.25, 0.3) is 0 Å². The van der Waals surface area contributed by atoms with Crippen LogP contribution in [0.1, 0.15) is 6.92 Å². The van der Waals surface area contributed by atoms with Crippen LogP contribution in [0, 0.1) is 0 Å². The van der Waals surface area contributed by atoms with Gasteiger partial charge >= 0.3 is 0 Å². The smallest absolute Gasteiger partial charge is 0.262 e. The number of nitrogens with zero attached hydrogens (tertiary/aromatic N) is 1. The van der Waals surface area contributed by atoms with Crippen LogP contribution in [-0.2, 0) is 9.59 Å². The third-order valence-corrected chi connectivity index (χ3v) is 3.60. The minimum Gasteiger partial charge on any atom is -0.490 e. The third kappa shape index (κ3) is 3.65. The molecule has 0 unspecified atom stereocenters. The summed E-state index contributed by atoms with van der Waals surface area (Å²) in [5, 5.41) is 2.76. The van der Waals surface area contributed by atoms with E-state index in [0.29, 0.717) is 36.0 Å². The molecule has 2 aromatic rings. The molecule has 124 valence electrons. The molecule has 0 atom stereocenters. The molecule has 0 bridgehead atoms. The summed E-state index contributed by atoms with van der Waals surface area (Å²) in [6, 6.07) is 14.4. The van der Waals surface area contributed by atoms with Crippen LogP contribution in [-0.4, -0.2) is 31.6 Å². The zero-order valence-corrected chi connectivity index (χ0v) is 13.3. The average molecular weight is 326 g/mol. The van der Waals surface area contributed by atoms with E-state index in [-0.39, 0.29) is 18.4 Å². The Morgan fingerprint density at radius 3 is 2.75 bits per heavy atom. The Morgan fingerprint density at radius 2 is 2.00 bits per heavy atom. The van der Waals surface area contributed by atoms with Gasteiger partial charge in [0.1, 0.15) is 18.1 Å². The van der Waals surface area contributed by atoms with Crippen molar-refractivity contribution in [1.29, 1.82) is 0 Å². The molecule has 1 heterocycles. The maximum Gasteiger partial charge on any atom is 0.262 e. The first-order valence-electron chi connectivity index (χ1n) is 7.66. The van der Waals surface area contributed by atoms with Gasteiger partial charge in [0.25, 0.3) is 5.91 Å². The summed E-state index contributed by atoms with van der Waals surface area (Å²) < 4.78 is 10.9. The van der Waals surface area contributed by atoms with E-state index >= 15 is 0 Å². The normalized spacial score (nSPS) is 12.8. The summed E-state index contributed by atoms with van der Waals surface area (Å²) in [4.78, 5) is 25.4. The lowest BCUT2D eigenvalue weighted by molar-refractivity contribution is -0.118. The summed E-state index contributed by atoms with van der Waals surface area (Å²) in [6.45, 7) is 2.38. The predicted molar refractivity (Wildman–Crippen MR) is 90.5 cm³/mol. The highest BCUT2D eigenvalue weighted by Crippen LogP contribution is 2.34. The molecule has 24 heavy (non-hydrogen) atoms. The van der Waals surface area contributed by atoms with E-state index in [2.05, 4.69) is 5.32 Å². The molecular weight excluding hydrogens is 308 g/mol. The third-order valence-electron chi connectivity index (χ3n) is 3.60. The van der Waals surface area contributed by atoms with E-state index in [4.69, 9.17) is 9.47 Å². The van der Waals surface area contributed by atoms with Gasteiger partial charge in [0.2, 0.25) is 5.91 Å². The Balaban J connectivity index is 1.66. The maximum absolute atomic E-state index is 12.0. The molecule has 1 aliphatic rings. The van der Waals surface area contributed by atoms with Crippen LogP contribution in [0.2, 0.25) is 0 Å². The van der Waals surface area contributed by atoms with E-state index in [1.807, 2.05) is 18.2 Å². The lowest BCUT2D eigenvalue weighted by Gasteiger charge is -2.29. The molecule has 1 aliphatic heterocycles. The summed E-state index contributed by atoms with van der Waals surface area (Å²) >= 11 is 0. The van der Waals surface area contributed by atoms with Crippen LogP contribution < -0.4 is 19.7 Å². The van der Waals surface area contributed by atoms with Crippen molar-refractivity contribution in [3.05, 3.63) is 48.5 Å². The molecule has 0 saturated carbocycles. The fraction of sp³-hybridized carbons (Fsp3) is 0.222. The Hall–Kier alpha value is -3.02. The zero-order chi connectivity index (χ0) is 16.9. The molecule has 0 saturated heterocycles. The van der Waals surface area contributed by atoms with Crippen LogP contribution in [0.3, 0.4) is 0 Å². The number of nitrogens with one attached hydrogen (secondary N) is 1. The first-order valence-corrected chi connectivity index (χ1v) is 7.66. The van der Waals surface area contributed by atoms with E-state index in [9.17, 15) is 9.59 Å². The number of hydrogen-bond donors (Lipinski definition) is 1. The first kappa shape index (κ1) is 15.9. The van der Waals surface area contributed by atoms with Crippen molar-refractivity contribution in [2.24, 2.45) is 0 Å². The van der Waals surface area contributed by atoms with Gasteiger partial charge in [0.05, 0.1) is 12.2 Å². The number of rotatable bonds is 4. The molecule has 2 amide bonds. The Morgan fingerprint density at radius 1 is 1.21 bits per heavy atom. The monoisotopic (exact) mass is 326 g/mol. The van der Waals surface area contributed by atoms with Gasteiger partial charge < -0.3 is 19.7 Å². The second-order valence-electron chi connectivity index (χ2n) is 5.35. The second kappa shape index (κ2) is 7.04. The van der Waals surface area contributed by atoms with E-state index in [0.717, 1.165) is 0 Å². The molecule has 0 radical (unpaired) electrons. The molecule has 0 spiro atoms. The van der Waals surface area contributed by atoms with Crippen molar-refractivity contribution in [3.63, 3.8) is 0 Å². The number of para-hydroxylation sites is 1. The van der Waals surface area contributed by atoms with Gasteiger partial charge in [0.15, 0.2) is 6.61 Å². The highest BCUT2D eigenvalue weighted by Gasteiger charge is 2.21. The minimum atomic E-state index is -0.273. The molecule has 1 N–H and O–H groups in total. The lowest BCUT2D eigenvalue weighted by atomic mass is 10.2. The highest BCUT2D eigenvalue weighted by atomic mass is 16.5. The first-order chi connectivity index (χ1) is 11.6. The van der Waals surface area contributed by atoms with Crippen molar-refractivity contribution in [1.82, 2.24) is 0 Å². The number of anilines is 2. The van der Waals surface area contributed by atoms with Crippen molar-refractivity contribution >= 4 is 23.2 Å².